The van der Waals surface area contributed by atoms with Gasteiger partial charge < -0.3 is 14.2 Å². The largest absolute Gasteiger partial charge is 0.462 e. The zero-order chi connectivity index (χ0) is 45.8. The van der Waals surface area contributed by atoms with Crippen LogP contribution in [0, 0.1) is 0 Å². The Labute approximate surface area is 388 Å². The third kappa shape index (κ3) is 49.5. The van der Waals surface area contributed by atoms with Crippen LogP contribution in [0.2, 0.25) is 0 Å². The SMILES string of the molecule is CCCCC/C=C\C/C=C\C/C=C\CCCCC(=O)OC[C@H](COC(=O)CCCCCCC/C=C\C/C=C\CCCCC)OC(=O)CCCCCCC/C=C\C/C=C\CCCCC. The highest BCUT2D eigenvalue weighted by molar-refractivity contribution is 5.71. The van der Waals surface area contributed by atoms with Crippen LogP contribution in [-0.2, 0) is 28.6 Å². The third-order valence-corrected chi connectivity index (χ3v) is 10.8. The molecule has 0 saturated heterocycles. The monoisotopic (exact) mass is 877 g/mol. The van der Waals surface area contributed by atoms with Gasteiger partial charge >= 0.3 is 17.9 Å². The molecule has 0 fully saturated rings. The second-order valence-corrected chi connectivity index (χ2v) is 17.1. The molecule has 63 heavy (non-hydrogen) atoms. The molecule has 0 heterocycles. The van der Waals surface area contributed by atoms with Crippen molar-refractivity contribution in [2.45, 2.75) is 245 Å². The van der Waals surface area contributed by atoms with Gasteiger partial charge in [-0.25, -0.2) is 0 Å². The third-order valence-electron chi connectivity index (χ3n) is 10.8. The Balaban J connectivity index is 4.50. The Morgan fingerprint density at radius 1 is 0.317 bits per heavy atom. The number of esters is 3. The molecular weight excluding hydrogens is 781 g/mol. The second kappa shape index (κ2) is 51.2. The Hall–Kier alpha value is -3.41. The molecule has 0 unspecified atom stereocenters. The lowest BCUT2D eigenvalue weighted by molar-refractivity contribution is -0.167. The second-order valence-electron chi connectivity index (χ2n) is 17.1. The van der Waals surface area contributed by atoms with Gasteiger partial charge in [0.2, 0.25) is 0 Å². The zero-order valence-corrected chi connectivity index (χ0v) is 41.1. The van der Waals surface area contributed by atoms with Gasteiger partial charge in [-0.3, -0.25) is 14.4 Å². The first kappa shape index (κ1) is 59.6. The summed E-state index contributed by atoms with van der Waals surface area (Å²) in [6.45, 7) is 6.49. The summed E-state index contributed by atoms with van der Waals surface area (Å²) in [5.74, 6) is -0.970. The van der Waals surface area contributed by atoms with E-state index in [1.807, 2.05) is 0 Å². The summed E-state index contributed by atoms with van der Waals surface area (Å²) >= 11 is 0. The first-order valence-electron chi connectivity index (χ1n) is 26.1. The molecule has 0 rings (SSSR count). The van der Waals surface area contributed by atoms with Gasteiger partial charge in [-0.05, 0) is 122 Å². The topological polar surface area (TPSA) is 78.9 Å². The van der Waals surface area contributed by atoms with E-state index in [4.69, 9.17) is 14.2 Å². The van der Waals surface area contributed by atoms with E-state index in [1.54, 1.807) is 0 Å². The van der Waals surface area contributed by atoms with E-state index in [9.17, 15) is 14.4 Å². The summed E-state index contributed by atoms with van der Waals surface area (Å²) in [6, 6.07) is 0. The van der Waals surface area contributed by atoms with E-state index >= 15 is 0 Å². The zero-order valence-electron chi connectivity index (χ0n) is 41.1. The lowest BCUT2D eigenvalue weighted by Gasteiger charge is -2.18. The molecule has 0 N–H and O–H groups in total. The van der Waals surface area contributed by atoms with E-state index in [0.717, 1.165) is 122 Å². The maximum absolute atomic E-state index is 12.8. The van der Waals surface area contributed by atoms with Crippen LogP contribution in [0.4, 0.5) is 0 Å². The van der Waals surface area contributed by atoms with Crippen molar-refractivity contribution < 1.29 is 28.6 Å². The van der Waals surface area contributed by atoms with Gasteiger partial charge in [-0.2, -0.15) is 0 Å². The highest BCUT2D eigenvalue weighted by atomic mass is 16.6. The van der Waals surface area contributed by atoms with Crippen molar-refractivity contribution in [3.8, 4) is 0 Å². The summed E-state index contributed by atoms with van der Waals surface area (Å²) in [5, 5.41) is 0. The fourth-order valence-corrected chi connectivity index (χ4v) is 6.86. The number of ether oxygens (including phenoxy) is 3. The Bertz CT molecular complexity index is 1240. The van der Waals surface area contributed by atoms with Crippen molar-refractivity contribution in [3.63, 3.8) is 0 Å². The van der Waals surface area contributed by atoms with Crippen LogP contribution in [0.3, 0.4) is 0 Å². The predicted molar refractivity (Wildman–Crippen MR) is 270 cm³/mol. The fraction of sp³-hybridized carbons (Fsp3) is 0.702. The molecule has 0 amide bonds. The number of unbranched alkanes of at least 4 members (excludes halogenated alkanes) is 21. The van der Waals surface area contributed by atoms with Crippen molar-refractivity contribution in [3.05, 3.63) is 85.1 Å². The number of carbonyl (C=O) groups is 3. The molecule has 0 bridgehead atoms. The lowest BCUT2D eigenvalue weighted by Crippen LogP contribution is -2.30. The van der Waals surface area contributed by atoms with E-state index in [0.29, 0.717) is 19.3 Å². The van der Waals surface area contributed by atoms with Gasteiger partial charge in [0, 0.05) is 19.3 Å². The molecular formula is C57H96O6. The minimum absolute atomic E-state index is 0.102. The van der Waals surface area contributed by atoms with Crippen LogP contribution in [0.25, 0.3) is 0 Å². The van der Waals surface area contributed by atoms with Gasteiger partial charge in [0.05, 0.1) is 0 Å². The predicted octanol–water partition coefficient (Wildman–Crippen LogP) is 17.2. The van der Waals surface area contributed by atoms with Gasteiger partial charge in [-0.1, -0.05) is 183 Å². The number of carbonyl (C=O) groups excluding carboxylic acids is 3. The van der Waals surface area contributed by atoms with Crippen LogP contribution < -0.4 is 0 Å². The Morgan fingerprint density at radius 3 is 0.921 bits per heavy atom. The van der Waals surface area contributed by atoms with Crippen LogP contribution in [0.1, 0.15) is 239 Å². The van der Waals surface area contributed by atoms with Crippen molar-refractivity contribution >= 4 is 17.9 Å². The molecule has 0 aliphatic heterocycles. The first-order chi connectivity index (χ1) is 31.0. The highest BCUT2D eigenvalue weighted by Crippen LogP contribution is 2.13. The molecule has 0 aromatic heterocycles. The average molecular weight is 877 g/mol. The standard InChI is InChI=1S/C57H96O6/c1-4-7-10-13-16-19-22-25-28-31-34-37-40-43-46-49-55(58)61-52-54(63-57(60)51-48-45-42-39-36-33-30-27-24-21-18-15-12-9-6-3)53-62-56(59)50-47-44-41-38-35-32-29-26-23-20-17-14-11-8-5-2/h16-21,25-30,34,37,54H,4-15,22-24,31-33,35-36,38-53H2,1-3H3/b19-16-,20-17-,21-18-,28-25-,29-26-,30-27-,37-34-/t54-/m1/s1. The molecule has 6 heteroatoms. The van der Waals surface area contributed by atoms with Crippen LogP contribution in [0.5, 0.6) is 0 Å². The average Bonchev–Trinajstić information content (AvgIpc) is 3.28. The molecule has 0 saturated carbocycles. The van der Waals surface area contributed by atoms with Crippen molar-refractivity contribution in [1.29, 1.82) is 0 Å². The van der Waals surface area contributed by atoms with Gasteiger partial charge in [-0.15, -0.1) is 0 Å². The summed E-state index contributed by atoms with van der Waals surface area (Å²) in [4.78, 5) is 38.0. The van der Waals surface area contributed by atoms with Crippen molar-refractivity contribution in [2.75, 3.05) is 13.2 Å². The minimum atomic E-state index is -0.805. The van der Waals surface area contributed by atoms with Crippen LogP contribution in [-0.4, -0.2) is 37.2 Å². The van der Waals surface area contributed by atoms with E-state index in [2.05, 4.69) is 106 Å². The van der Waals surface area contributed by atoms with Gasteiger partial charge in [0.25, 0.3) is 0 Å². The number of allylic oxidation sites excluding steroid dienone is 14. The van der Waals surface area contributed by atoms with E-state index < -0.39 is 6.10 Å². The Kier molecular flexibility index (Phi) is 48.5. The first-order valence-corrected chi connectivity index (χ1v) is 26.1. The van der Waals surface area contributed by atoms with Gasteiger partial charge in [0.15, 0.2) is 6.10 Å². The van der Waals surface area contributed by atoms with Crippen molar-refractivity contribution in [2.24, 2.45) is 0 Å². The maximum Gasteiger partial charge on any atom is 0.306 e. The molecule has 360 valence electrons. The number of hydrogen-bond acceptors (Lipinski definition) is 6. The smallest absolute Gasteiger partial charge is 0.306 e. The summed E-state index contributed by atoms with van der Waals surface area (Å²) < 4.78 is 16.7. The fourth-order valence-electron chi connectivity index (χ4n) is 6.86. The van der Waals surface area contributed by atoms with Gasteiger partial charge in [0.1, 0.15) is 13.2 Å². The molecule has 1 atom stereocenters. The molecule has 0 spiro atoms. The molecule has 0 aromatic rings. The minimum Gasteiger partial charge on any atom is -0.462 e. The molecule has 0 radical (unpaired) electrons. The molecule has 6 nitrogen and oxygen atoms in total. The lowest BCUT2D eigenvalue weighted by atomic mass is 10.1. The number of rotatable bonds is 46. The normalized spacial score (nSPS) is 12.7. The maximum atomic E-state index is 12.8. The molecule has 0 aliphatic carbocycles. The van der Waals surface area contributed by atoms with E-state index in [1.165, 1.54) is 77.0 Å². The highest BCUT2D eigenvalue weighted by Gasteiger charge is 2.19. The van der Waals surface area contributed by atoms with Crippen LogP contribution >= 0.6 is 0 Å². The Morgan fingerprint density at radius 2 is 0.571 bits per heavy atom. The van der Waals surface area contributed by atoms with E-state index in [-0.39, 0.29) is 31.1 Å². The number of hydrogen-bond donors (Lipinski definition) is 0. The summed E-state index contributed by atoms with van der Waals surface area (Å²) in [5.41, 5.74) is 0. The summed E-state index contributed by atoms with van der Waals surface area (Å²) in [7, 11) is 0. The van der Waals surface area contributed by atoms with Crippen LogP contribution in [0.15, 0.2) is 85.1 Å². The summed E-state index contributed by atoms with van der Waals surface area (Å²) in [6.07, 6.45) is 65.6. The quantitative estimate of drug-likeness (QED) is 0.0262. The molecule has 0 aliphatic rings. The van der Waals surface area contributed by atoms with Crippen molar-refractivity contribution in [1.82, 2.24) is 0 Å². The molecule has 0 aromatic carbocycles.